The number of rotatable bonds is 4. The summed E-state index contributed by atoms with van der Waals surface area (Å²) in [6.07, 6.45) is -0.470. The lowest BCUT2D eigenvalue weighted by Crippen LogP contribution is -2.19. The molecule has 0 amide bonds. The summed E-state index contributed by atoms with van der Waals surface area (Å²) in [5.41, 5.74) is 0.886. The van der Waals surface area contributed by atoms with Crippen LogP contribution >= 0.6 is 15.9 Å². The minimum Gasteiger partial charge on any atom is -0.496 e. The van der Waals surface area contributed by atoms with Crippen molar-refractivity contribution in [3.63, 3.8) is 0 Å². The van der Waals surface area contributed by atoms with Gasteiger partial charge < -0.3 is 14.7 Å². The van der Waals surface area contributed by atoms with E-state index in [4.69, 9.17) is 4.74 Å². The normalized spacial score (nSPS) is 12.9. The van der Waals surface area contributed by atoms with Crippen LogP contribution in [0.5, 0.6) is 5.75 Å². The molecule has 0 saturated heterocycles. The van der Waals surface area contributed by atoms with Gasteiger partial charge in [-0.25, -0.2) is 0 Å². The lowest BCUT2D eigenvalue weighted by molar-refractivity contribution is 0.138. The van der Waals surface area contributed by atoms with Gasteiger partial charge in [-0.05, 0) is 47.7 Å². The molecule has 3 nitrogen and oxygen atoms in total. The second-order valence-corrected chi connectivity index (χ2v) is 4.53. The van der Waals surface area contributed by atoms with E-state index in [2.05, 4.69) is 15.9 Å². The number of ether oxygens (including phenoxy) is 1. The second kappa shape index (κ2) is 5.49. The summed E-state index contributed by atoms with van der Waals surface area (Å²) >= 11 is 3.39. The Labute approximate surface area is 98.8 Å². The Morgan fingerprint density at radius 3 is 2.60 bits per heavy atom. The molecule has 0 saturated carbocycles. The molecule has 0 aliphatic heterocycles. The summed E-state index contributed by atoms with van der Waals surface area (Å²) in [5, 5.41) is 9.88. The number of aliphatic hydroxyl groups is 1. The maximum atomic E-state index is 9.88. The zero-order valence-electron chi connectivity index (χ0n) is 9.20. The van der Waals surface area contributed by atoms with Crippen molar-refractivity contribution in [3.8, 4) is 5.75 Å². The van der Waals surface area contributed by atoms with Gasteiger partial charge in [0.1, 0.15) is 5.75 Å². The summed E-state index contributed by atoms with van der Waals surface area (Å²) in [5.74, 6) is 0.774. The molecule has 0 radical (unpaired) electrons. The first-order chi connectivity index (χ1) is 7.04. The Morgan fingerprint density at radius 1 is 1.47 bits per heavy atom. The third kappa shape index (κ3) is 3.48. The first kappa shape index (κ1) is 12.5. The van der Waals surface area contributed by atoms with Gasteiger partial charge in [-0.3, -0.25) is 0 Å². The van der Waals surface area contributed by atoms with Crippen molar-refractivity contribution in [2.24, 2.45) is 0 Å². The Kier molecular flexibility index (Phi) is 4.57. The highest BCUT2D eigenvalue weighted by molar-refractivity contribution is 9.10. The maximum Gasteiger partial charge on any atom is 0.133 e. The Bertz CT molecular complexity index is 328. The minimum atomic E-state index is -0.470. The fourth-order valence-corrected chi connectivity index (χ4v) is 1.90. The molecular weight excluding hydrogens is 258 g/mol. The van der Waals surface area contributed by atoms with Crippen LogP contribution in [0.15, 0.2) is 22.7 Å². The largest absolute Gasteiger partial charge is 0.496 e. The summed E-state index contributed by atoms with van der Waals surface area (Å²) in [7, 11) is 5.49. The molecular formula is C11H16BrNO2. The number of nitrogens with zero attached hydrogens (tertiary/aromatic N) is 1. The zero-order chi connectivity index (χ0) is 11.4. The molecule has 0 spiro atoms. The standard InChI is InChI=1S/C11H16BrNO2/c1-13(2)7-10(14)8-4-5-11(15-3)9(12)6-8/h4-6,10,14H,7H2,1-3H3. The van der Waals surface area contributed by atoms with Crippen molar-refractivity contribution in [2.45, 2.75) is 6.10 Å². The monoisotopic (exact) mass is 273 g/mol. The summed E-state index contributed by atoms with van der Waals surface area (Å²) in [6, 6.07) is 5.60. The summed E-state index contributed by atoms with van der Waals surface area (Å²) < 4.78 is 5.98. The highest BCUT2D eigenvalue weighted by atomic mass is 79.9. The number of hydrogen-bond acceptors (Lipinski definition) is 3. The molecule has 1 unspecified atom stereocenters. The van der Waals surface area contributed by atoms with Crippen LogP contribution in [0.4, 0.5) is 0 Å². The average molecular weight is 274 g/mol. The molecule has 4 heteroatoms. The van der Waals surface area contributed by atoms with Crippen LogP contribution in [0, 0.1) is 0 Å². The van der Waals surface area contributed by atoms with Gasteiger partial charge in [-0.2, -0.15) is 0 Å². The highest BCUT2D eigenvalue weighted by Crippen LogP contribution is 2.28. The molecule has 1 atom stereocenters. The predicted octanol–water partition coefficient (Wildman–Crippen LogP) is 2.05. The molecule has 84 valence electrons. The Hall–Kier alpha value is -0.580. The SMILES string of the molecule is COc1ccc(C(O)CN(C)C)cc1Br. The number of halogens is 1. The molecule has 1 N–H and O–H groups in total. The van der Waals surface area contributed by atoms with Crippen LogP contribution in [0.1, 0.15) is 11.7 Å². The van der Waals surface area contributed by atoms with Crippen molar-refractivity contribution in [1.29, 1.82) is 0 Å². The maximum absolute atomic E-state index is 9.88. The van der Waals surface area contributed by atoms with Gasteiger partial charge in [-0.1, -0.05) is 6.07 Å². The van der Waals surface area contributed by atoms with E-state index >= 15 is 0 Å². The van der Waals surface area contributed by atoms with Crippen LogP contribution in [0.2, 0.25) is 0 Å². The third-order valence-corrected chi connectivity index (χ3v) is 2.72. The van der Waals surface area contributed by atoms with E-state index in [1.165, 1.54) is 0 Å². The number of aliphatic hydroxyl groups excluding tert-OH is 1. The van der Waals surface area contributed by atoms with Gasteiger partial charge in [0.15, 0.2) is 0 Å². The van der Waals surface area contributed by atoms with Crippen molar-refractivity contribution in [2.75, 3.05) is 27.7 Å². The predicted molar refractivity (Wildman–Crippen MR) is 64.2 cm³/mol. The molecule has 0 aliphatic rings. The fourth-order valence-electron chi connectivity index (χ4n) is 1.34. The van der Waals surface area contributed by atoms with Crippen LogP contribution in [0.3, 0.4) is 0 Å². The summed E-state index contributed by atoms with van der Waals surface area (Å²) in [6.45, 7) is 0.610. The molecule has 0 aliphatic carbocycles. The van der Waals surface area contributed by atoms with E-state index in [1.807, 2.05) is 37.2 Å². The van der Waals surface area contributed by atoms with Crippen LogP contribution in [-0.4, -0.2) is 37.8 Å². The van der Waals surface area contributed by atoms with E-state index in [0.29, 0.717) is 6.54 Å². The topological polar surface area (TPSA) is 32.7 Å². The number of likely N-dealkylation sites (N-methyl/N-ethyl adjacent to an activating group) is 1. The smallest absolute Gasteiger partial charge is 0.133 e. The molecule has 0 bridgehead atoms. The van der Waals surface area contributed by atoms with Crippen molar-refractivity contribution in [3.05, 3.63) is 28.2 Å². The van der Waals surface area contributed by atoms with E-state index in [-0.39, 0.29) is 0 Å². The fraction of sp³-hybridized carbons (Fsp3) is 0.455. The minimum absolute atomic E-state index is 0.470. The van der Waals surface area contributed by atoms with E-state index < -0.39 is 6.10 Å². The van der Waals surface area contributed by atoms with Crippen molar-refractivity contribution < 1.29 is 9.84 Å². The average Bonchev–Trinajstić information content (AvgIpc) is 2.16. The van der Waals surface area contributed by atoms with Gasteiger partial charge >= 0.3 is 0 Å². The second-order valence-electron chi connectivity index (χ2n) is 3.67. The van der Waals surface area contributed by atoms with Gasteiger partial charge in [0.2, 0.25) is 0 Å². The third-order valence-electron chi connectivity index (χ3n) is 2.10. The zero-order valence-corrected chi connectivity index (χ0v) is 10.8. The number of benzene rings is 1. The molecule has 1 aromatic rings. The highest BCUT2D eigenvalue weighted by Gasteiger charge is 2.10. The van der Waals surface area contributed by atoms with Crippen LogP contribution in [-0.2, 0) is 0 Å². The molecule has 0 aromatic heterocycles. The molecule has 0 fully saturated rings. The van der Waals surface area contributed by atoms with Gasteiger partial charge in [0, 0.05) is 6.54 Å². The lowest BCUT2D eigenvalue weighted by atomic mass is 10.1. The number of hydrogen-bond donors (Lipinski definition) is 1. The quantitative estimate of drug-likeness (QED) is 0.912. The van der Waals surface area contributed by atoms with Crippen LogP contribution in [0.25, 0.3) is 0 Å². The lowest BCUT2D eigenvalue weighted by Gasteiger charge is -2.17. The molecule has 1 rings (SSSR count). The van der Waals surface area contributed by atoms with Gasteiger partial charge in [-0.15, -0.1) is 0 Å². The van der Waals surface area contributed by atoms with Crippen LogP contribution < -0.4 is 4.74 Å². The first-order valence-electron chi connectivity index (χ1n) is 4.71. The molecule has 1 aromatic carbocycles. The number of methoxy groups -OCH3 is 1. The molecule has 15 heavy (non-hydrogen) atoms. The molecule has 0 heterocycles. The van der Waals surface area contributed by atoms with Crippen molar-refractivity contribution in [1.82, 2.24) is 4.90 Å². The van der Waals surface area contributed by atoms with Gasteiger partial charge in [0.05, 0.1) is 17.7 Å². The Morgan fingerprint density at radius 2 is 2.13 bits per heavy atom. The van der Waals surface area contributed by atoms with E-state index in [9.17, 15) is 5.11 Å². The first-order valence-corrected chi connectivity index (χ1v) is 5.50. The van der Waals surface area contributed by atoms with Crippen molar-refractivity contribution >= 4 is 15.9 Å². The van der Waals surface area contributed by atoms with Gasteiger partial charge in [0.25, 0.3) is 0 Å². The Balaban J connectivity index is 2.82. The van der Waals surface area contributed by atoms with E-state index in [0.717, 1.165) is 15.8 Å². The summed E-state index contributed by atoms with van der Waals surface area (Å²) in [4.78, 5) is 1.95. The van der Waals surface area contributed by atoms with E-state index in [1.54, 1.807) is 7.11 Å².